The van der Waals surface area contributed by atoms with Crippen LogP contribution in [0.5, 0.6) is 11.5 Å². The number of hydrogen-bond acceptors (Lipinski definition) is 4. The lowest BCUT2D eigenvalue weighted by molar-refractivity contribution is 0.0954. The lowest BCUT2D eigenvalue weighted by atomic mass is 10.1. The van der Waals surface area contributed by atoms with Crippen molar-refractivity contribution in [3.05, 3.63) is 58.1 Å². The summed E-state index contributed by atoms with van der Waals surface area (Å²) in [7, 11) is 1.56. The maximum Gasteiger partial charge on any atom is 0.271 e. The van der Waals surface area contributed by atoms with Crippen molar-refractivity contribution in [3.63, 3.8) is 0 Å². The Hall–Kier alpha value is -2.34. The predicted octanol–water partition coefficient (Wildman–Crippen LogP) is 3.32. The molecule has 0 aliphatic carbocycles. The molecule has 2 aromatic rings. The molecule has 0 atom stereocenters. The van der Waals surface area contributed by atoms with E-state index in [4.69, 9.17) is 4.74 Å². The molecule has 0 unspecified atom stereocenters. The first-order valence-corrected chi connectivity index (χ1v) is 7.28. The Morgan fingerprint density at radius 2 is 1.82 bits per heavy atom. The van der Waals surface area contributed by atoms with Crippen LogP contribution in [0.4, 0.5) is 0 Å². The van der Waals surface area contributed by atoms with Crippen LogP contribution in [0.2, 0.25) is 0 Å². The average molecular weight is 363 g/mol. The maximum absolute atomic E-state index is 12.1. The SMILES string of the molecule is COc1ccc(C(=O)NN=C(C)c2ccc(O)cc2)cc1Br. The molecule has 22 heavy (non-hydrogen) atoms. The summed E-state index contributed by atoms with van der Waals surface area (Å²) in [6.45, 7) is 1.77. The number of halogens is 1. The molecule has 0 aromatic heterocycles. The molecular formula is C16H15BrN2O3. The van der Waals surface area contributed by atoms with E-state index in [9.17, 15) is 9.90 Å². The third kappa shape index (κ3) is 3.85. The number of nitrogens with zero attached hydrogens (tertiary/aromatic N) is 1. The molecule has 5 nitrogen and oxygen atoms in total. The van der Waals surface area contributed by atoms with Crippen molar-refractivity contribution in [1.82, 2.24) is 5.43 Å². The number of ether oxygens (including phenoxy) is 1. The van der Waals surface area contributed by atoms with E-state index in [2.05, 4.69) is 26.5 Å². The third-order valence-electron chi connectivity index (χ3n) is 3.02. The Kier molecular flexibility index (Phi) is 5.16. The van der Waals surface area contributed by atoms with E-state index >= 15 is 0 Å². The summed E-state index contributed by atoms with van der Waals surface area (Å²) < 4.78 is 5.82. The van der Waals surface area contributed by atoms with Crippen LogP contribution in [0, 0.1) is 0 Å². The number of carbonyl (C=O) groups excluding carboxylic acids is 1. The summed E-state index contributed by atoms with van der Waals surface area (Å²) in [5, 5.41) is 13.3. The van der Waals surface area contributed by atoms with Gasteiger partial charge in [0.25, 0.3) is 5.91 Å². The largest absolute Gasteiger partial charge is 0.508 e. The fourth-order valence-corrected chi connectivity index (χ4v) is 2.31. The second-order valence-electron chi connectivity index (χ2n) is 4.53. The summed E-state index contributed by atoms with van der Waals surface area (Å²) in [4.78, 5) is 12.1. The van der Waals surface area contributed by atoms with Gasteiger partial charge in [-0.25, -0.2) is 5.43 Å². The van der Waals surface area contributed by atoms with Crippen LogP contribution >= 0.6 is 15.9 Å². The van der Waals surface area contributed by atoms with E-state index in [0.717, 1.165) is 5.56 Å². The summed E-state index contributed by atoms with van der Waals surface area (Å²) >= 11 is 3.33. The summed E-state index contributed by atoms with van der Waals surface area (Å²) in [5.74, 6) is 0.519. The first-order chi connectivity index (χ1) is 10.5. The minimum Gasteiger partial charge on any atom is -0.508 e. The number of hydrogen-bond donors (Lipinski definition) is 2. The average Bonchev–Trinajstić information content (AvgIpc) is 2.52. The number of hydrazone groups is 1. The van der Waals surface area contributed by atoms with Crippen LogP contribution in [0.1, 0.15) is 22.8 Å². The van der Waals surface area contributed by atoms with E-state index in [0.29, 0.717) is 21.5 Å². The van der Waals surface area contributed by atoms with Crippen LogP contribution in [-0.2, 0) is 0 Å². The standard InChI is InChI=1S/C16H15BrN2O3/c1-10(11-3-6-13(20)7-4-11)18-19-16(21)12-5-8-15(22-2)14(17)9-12/h3-9,20H,1-2H3,(H,19,21). The molecule has 0 aliphatic rings. The number of carbonyl (C=O) groups is 1. The highest BCUT2D eigenvalue weighted by Gasteiger charge is 2.08. The highest BCUT2D eigenvalue weighted by Crippen LogP contribution is 2.25. The zero-order valence-electron chi connectivity index (χ0n) is 12.1. The predicted molar refractivity (Wildman–Crippen MR) is 88.5 cm³/mol. The first-order valence-electron chi connectivity index (χ1n) is 6.49. The van der Waals surface area contributed by atoms with Gasteiger partial charge in [0.05, 0.1) is 17.3 Å². The minimum atomic E-state index is -0.318. The third-order valence-corrected chi connectivity index (χ3v) is 3.64. The van der Waals surface area contributed by atoms with Crippen molar-refractivity contribution in [1.29, 1.82) is 0 Å². The molecule has 0 spiro atoms. The number of rotatable bonds is 4. The molecule has 0 fully saturated rings. The number of amides is 1. The second-order valence-corrected chi connectivity index (χ2v) is 5.39. The van der Waals surface area contributed by atoms with Crippen LogP contribution in [0.3, 0.4) is 0 Å². The maximum atomic E-state index is 12.1. The quantitative estimate of drug-likeness (QED) is 0.647. The molecule has 0 saturated heterocycles. The Morgan fingerprint density at radius 3 is 2.41 bits per heavy atom. The van der Waals surface area contributed by atoms with Gasteiger partial charge in [0.2, 0.25) is 0 Å². The van der Waals surface area contributed by atoms with Gasteiger partial charge in [0.1, 0.15) is 11.5 Å². The molecule has 0 saturated carbocycles. The van der Waals surface area contributed by atoms with Crippen LogP contribution < -0.4 is 10.2 Å². The topological polar surface area (TPSA) is 70.9 Å². The van der Waals surface area contributed by atoms with Gasteiger partial charge in [-0.15, -0.1) is 0 Å². The highest BCUT2D eigenvalue weighted by molar-refractivity contribution is 9.10. The molecule has 0 bridgehead atoms. The van der Waals surface area contributed by atoms with E-state index in [1.165, 1.54) is 0 Å². The first kappa shape index (κ1) is 16.0. The normalized spacial score (nSPS) is 11.1. The van der Waals surface area contributed by atoms with Gasteiger partial charge in [0.15, 0.2) is 0 Å². The minimum absolute atomic E-state index is 0.184. The Morgan fingerprint density at radius 1 is 1.18 bits per heavy atom. The molecule has 0 aliphatic heterocycles. The summed E-state index contributed by atoms with van der Waals surface area (Å²) in [6.07, 6.45) is 0. The Balaban J connectivity index is 2.10. The van der Waals surface area contributed by atoms with E-state index in [-0.39, 0.29) is 11.7 Å². The number of benzene rings is 2. The number of methoxy groups -OCH3 is 1. The van der Waals surface area contributed by atoms with Crippen molar-refractivity contribution >= 4 is 27.5 Å². The van der Waals surface area contributed by atoms with Crippen molar-refractivity contribution in [2.75, 3.05) is 7.11 Å². The van der Waals surface area contributed by atoms with Gasteiger partial charge in [-0.2, -0.15) is 5.10 Å². The van der Waals surface area contributed by atoms with Gasteiger partial charge >= 0.3 is 0 Å². The zero-order valence-corrected chi connectivity index (χ0v) is 13.7. The van der Waals surface area contributed by atoms with Gasteiger partial charge in [0, 0.05) is 5.56 Å². The van der Waals surface area contributed by atoms with E-state index in [1.807, 2.05) is 0 Å². The smallest absolute Gasteiger partial charge is 0.271 e. The second kappa shape index (κ2) is 7.09. The Bertz CT molecular complexity index is 712. The number of phenols is 1. The number of nitrogens with one attached hydrogen (secondary N) is 1. The van der Waals surface area contributed by atoms with Gasteiger partial charge < -0.3 is 9.84 Å². The lowest BCUT2D eigenvalue weighted by Crippen LogP contribution is -2.19. The molecule has 2 rings (SSSR count). The molecular weight excluding hydrogens is 348 g/mol. The zero-order chi connectivity index (χ0) is 16.1. The molecule has 1 amide bonds. The fraction of sp³-hybridized carbons (Fsp3) is 0.125. The summed E-state index contributed by atoms with van der Waals surface area (Å²) in [5.41, 5.74) is 4.42. The van der Waals surface area contributed by atoms with E-state index < -0.39 is 0 Å². The molecule has 114 valence electrons. The Labute approximate surface area is 136 Å². The lowest BCUT2D eigenvalue weighted by Gasteiger charge is -2.06. The molecule has 6 heteroatoms. The van der Waals surface area contributed by atoms with Crippen LogP contribution in [0.25, 0.3) is 0 Å². The van der Waals surface area contributed by atoms with Gasteiger partial charge in [-0.05, 0) is 70.9 Å². The highest BCUT2D eigenvalue weighted by atomic mass is 79.9. The molecule has 2 N–H and O–H groups in total. The number of phenolic OH excluding ortho intramolecular Hbond substituents is 1. The van der Waals surface area contributed by atoms with Crippen LogP contribution in [0.15, 0.2) is 52.0 Å². The molecule has 0 heterocycles. The van der Waals surface area contributed by atoms with Crippen LogP contribution in [-0.4, -0.2) is 23.8 Å². The molecule has 2 aromatic carbocycles. The van der Waals surface area contributed by atoms with Crippen molar-refractivity contribution in [3.8, 4) is 11.5 Å². The van der Waals surface area contributed by atoms with Gasteiger partial charge in [-0.3, -0.25) is 4.79 Å². The van der Waals surface area contributed by atoms with E-state index in [1.54, 1.807) is 56.5 Å². The summed E-state index contributed by atoms with van der Waals surface area (Å²) in [6, 6.07) is 11.6. The molecule has 0 radical (unpaired) electrons. The number of aromatic hydroxyl groups is 1. The van der Waals surface area contributed by atoms with Crippen molar-refractivity contribution in [2.45, 2.75) is 6.92 Å². The fourth-order valence-electron chi connectivity index (χ4n) is 1.77. The monoisotopic (exact) mass is 362 g/mol. The van der Waals surface area contributed by atoms with Crippen molar-refractivity contribution < 1.29 is 14.6 Å². The van der Waals surface area contributed by atoms with Crippen molar-refractivity contribution in [2.24, 2.45) is 5.10 Å². The van der Waals surface area contributed by atoms with Gasteiger partial charge in [-0.1, -0.05) is 0 Å².